The number of methoxy groups -OCH3 is 1. The van der Waals surface area contributed by atoms with Crippen molar-refractivity contribution in [1.82, 2.24) is 5.32 Å². The van der Waals surface area contributed by atoms with Crippen LogP contribution in [0, 0.1) is 11.8 Å². The van der Waals surface area contributed by atoms with E-state index in [1.807, 2.05) is 0 Å². The maximum atomic E-state index is 12.1. The van der Waals surface area contributed by atoms with Crippen LogP contribution in [0.25, 0.3) is 0 Å². The van der Waals surface area contributed by atoms with Gasteiger partial charge >= 0.3 is 5.97 Å². The zero-order valence-electron chi connectivity index (χ0n) is 13.3. The first kappa shape index (κ1) is 18.0. The molecule has 0 aromatic rings. The maximum Gasteiger partial charge on any atom is 0.306 e. The third-order valence-electron chi connectivity index (χ3n) is 4.42. The number of ether oxygens (including phenoxy) is 1. The van der Waals surface area contributed by atoms with Crippen molar-refractivity contribution >= 4 is 11.9 Å². The number of hydrogen-bond acceptors (Lipinski definition) is 3. The van der Waals surface area contributed by atoms with Gasteiger partial charge in [0.05, 0.1) is 12.5 Å². The summed E-state index contributed by atoms with van der Waals surface area (Å²) in [5.41, 5.74) is 0. The van der Waals surface area contributed by atoms with Crippen LogP contribution in [0.2, 0.25) is 0 Å². The highest BCUT2D eigenvalue weighted by Gasteiger charge is 2.26. The van der Waals surface area contributed by atoms with Crippen molar-refractivity contribution in [3.8, 4) is 0 Å². The number of hydrogen-bond donors (Lipinski definition) is 2. The quantitative estimate of drug-likeness (QED) is 0.686. The molecule has 5 nitrogen and oxygen atoms in total. The van der Waals surface area contributed by atoms with Gasteiger partial charge in [-0.1, -0.05) is 26.2 Å². The molecule has 1 fully saturated rings. The minimum Gasteiger partial charge on any atom is -0.481 e. The van der Waals surface area contributed by atoms with Crippen LogP contribution in [0.4, 0.5) is 0 Å². The van der Waals surface area contributed by atoms with Gasteiger partial charge in [-0.05, 0) is 31.6 Å². The Labute approximate surface area is 127 Å². The highest BCUT2D eigenvalue weighted by Crippen LogP contribution is 2.31. The minimum absolute atomic E-state index is 0.0522. The third-order valence-corrected chi connectivity index (χ3v) is 4.42. The Morgan fingerprint density at radius 3 is 2.48 bits per heavy atom. The zero-order chi connectivity index (χ0) is 15.7. The second-order valence-electron chi connectivity index (χ2n) is 6.06. The molecule has 0 saturated heterocycles. The third kappa shape index (κ3) is 6.93. The summed E-state index contributed by atoms with van der Waals surface area (Å²) >= 11 is 0. The van der Waals surface area contributed by atoms with E-state index in [-0.39, 0.29) is 24.8 Å². The highest BCUT2D eigenvalue weighted by molar-refractivity contribution is 5.78. The van der Waals surface area contributed by atoms with Crippen molar-refractivity contribution in [3.05, 3.63) is 0 Å². The summed E-state index contributed by atoms with van der Waals surface area (Å²) in [6, 6.07) is 0. The summed E-state index contributed by atoms with van der Waals surface area (Å²) in [4.78, 5) is 22.8. The number of carbonyl (C=O) groups is 2. The fourth-order valence-corrected chi connectivity index (χ4v) is 3.00. The van der Waals surface area contributed by atoms with Gasteiger partial charge in [-0.15, -0.1) is 0 Å². The molecular formula is C16H29NO4. The van der Waals surface area contributed by atoms with E-state index in [1.165, 1.54) is 26.4 Å². The smallest absolute Gasteiger partial charge is 0.306 e. The molecule has 2 N–H and O–H groups in total. The second kappa shape index (κ2) is 9.77. The normalized spacial score (nSPS) is 23.5. The summed E-state index contributed by atoms with van der Waals surface area (Å²) < 4.78 is 5.06. The molecule has 0 aliphatic heterocycles. The number of aliphatic carboxylic acids is 1. The van der Waals surface area contributed by atoms with Crippen molar-refractivity contribution < 1.29 is 19.4 Å². The predicted molar refractivity (Wildman–Crippen MR) is 81.0 cm³/mol. The van der Waals surface area contributed by atoms with Crippen molar-refractivity contribution in [2.24, 2.45) is 11.8 Å². The van der Waals surface area contributed by atoms with Gasteiger partial charge < -0.3 is 15.2 Å². The van der Waals surface area contributed by atoms with Gasteiger partial charge in [-0.2, -0.15) is 0 Å². The van der Waals surface area contributed by atoms with Crippen LogP contribution in [-0.4, -0.2) is 36.7 Å². The van der Waals surface area contributed by atoms with E-state index < -0.39 is 12.1 Å². The van der Waals surface area contributed by atoms with Crippen LogP contribution < -0.4 is 5.32 Å². The monoisotopic (exact) mass is 299 g/mol. The lowest BCUT2D eigenvalue weighted by molar-refractivity contribution is -0.140. The summed E-state index contributed by atoms with van der Waals surface area (Å²) in [6.45, 7) is 2.49. The van der Waals surface area contributed by atoms with Gasteiger partial charge in [-0.3, -0.25) is 9.59 Å². The summed E-state index contributed by atoms with van der Waals surface area (Å²) in [7, 11) is 1.47. The number of carboxylic acids is 1. The van der Waals surface area contributed by atoms with Gasteiger partial charge in [0.2, 0.25) is 5.91 Å². The van der Waals surface area contributed by atoms with E-state index in [0.29, 0.717) is 0 Å². The van der Waals surface area contributed by atoms with Crippen LogP contribution in [-0.2, 0) is 14.3 Å². The molecule has 5 heteroatoms. The van der Waals surface area contributed by atoms with E-state index in [1.54, 1.807) is 0 Å². The van der Waals surface area contributed by atoms with E-state index in [4.69, 9.17) is 9.84 Å². The molecule has 1 amide bonds. The van der Waals surface area contributed by atoms with E-state index in [0.717, 1.165) is 31.6 Å². The van der Waals surface area contributed by atoms with E-state index in [2.05, 4.69) is 12.2 Å². The van der Waals surface area contributed by atoms with Gasteiger partial charge in [-0.25, -0.2) is 0 Å². The maximum absolute atomic E-state index is 12.1. The Balaban J connectivity index is 2.25. The molecule has 0 radical (unpaired) electrons. The van der Waals surface area contributed by atoms with Gasteiger partial charge in [0, 0.05) is 19.6 Å². The van der Waals surface area contributed by atoms with Crippen molar-refractivity contribution in [2.75, 3.05) is 13.7 Å². The molecule has 122 valence electrons. The van der Waals surface area contributed by atoms with Crippen molar-refractivity contribution in [1.29, 1.82) is 0 Å². The first-order chi connectivity index (χ1) is 10.1. The topological polar surface area (TPSA) is 75.6 Å². The molecule has 1 saturated carbocycles. The molecule has 1 atom stereocenters. The summed E-state index contributed by atoms with van der Waals surface area (Å²) in [6.07, 6.45) is 7.46. The zero-order valence-corrected chi connectivity index (χ0v) is 13.3. The fourth-order valence-electron chi connectivity index (χ4n) is 3.00. The van der Waals surface area contributed by atoms with Crippen LogP contribution in [0.15, 0.2) is 0 Å². The minimum atomic E-state index is -0.910. The largest absolute Gasteiger partial charge is 0.481 e. The van der Waals surface area contributed by atoms with Gasteiger partial charge in [0.1, 0.15) is 0 Å². The molecule has 0 spiro atoms. The first-order valence-electron chi connectivity index (χ1n) is 8.09. The lowest BCUT2D eigenvalue weighted by Crippen LogP contribution is -2.39. The Morgan fingerprint density at radius 1 is 1.29 bits per heavy atom. The van der Waals surface area contributed by atoms with Crippen LogP contribution in [0.3, 0.4) is 0 Å². The molecule has 0 aromatic carbocycles. The molecule has 1 aliphatic carbocycles. The Morgan fingerprint density at radius 2 is 1.95 bits per heavy atom. The van der Waals surface area contributed by atoms with E-state index in [9.17, 15) is 9.59 Å². The number of unbranched alkanes of at least 4 members (excludes halogenated alkanes) is 1. The number of carboxylic acid groups (broad SMARTS) is 1. The molecular weight excluding hydrogens is 270 g/mol. The molecule has 1 rings (SSSR count). The van der Waals surface area contributed by atoms with Crippen LogP contribution >= 0.6 is 0 Å². The molecule has 0 aromatic heterocycles. The summed E-state index contributed by atoms with van der Waals surface area (Å²) in [5, 5.41) is 11.6. The van der Waals surface area contributed by atoms with Crippen molar-refractivity contribution in [3.63, 3.8) is 0 Å². The molecule has 1 unspecified atom stereocenters. The van der Waals surface area contributed by atoms with Crippen LogP contribution in [0.5, 0.6) is 0 Å². The fraction of sp³-hybridized carbons (Fsp3) is 0.875. The second-order valence-corrected chi connectivity index (χ2v) is 6.06. The number of nitrogens with one attached hydrogen (secondary N) is 1. The molecule has 0 bridgehead atoms. The SMILES string of the molecule is CCCCC1CCC(C(=O)NCC(CC(=O)O)OC)CC1. The molecule has 1 aliphatic rings. The van der Waals surface area contributed by atoms with E-state index >= 15 is 0 Å². The number of carbonyl (C=O) groups excluding carboxylic acids is 1. The summed E-state index contributed by atoms with van der Waals surface area (Å²) in [5.74, 6) is 0.0156. The average molecular weight is 299 g/mol. The molecule has 0 heterocycles. The Bertz CT molecular complexity index is 324. The van der Waals surface area contributed by atoms with Crippen LogP contribution in [0.1, 0.15) is 58.3 Å². The van der Waals surface area contributed by atoms with Gasteiger partial charge in [0.15, 0.2) is 0 Å². The average Bonchev–Trinajstić information content (AvgIpc) is 2.49. The number of rotatable bonds is 9. The van der Waals surface area contributed by atoms with Crippen molar-refractivity contribution in [2.45, 2.75) is 64.4 Å². The lowest BCUT2D eigenvalue weighted by atomic mass is 9.79. The number of amides is 1. The lowest BCUT2D eigenvalue weighted by Gasteiger charge is -2.28. The predicted octanol–water partition coefficient (Wildman–Crippen LogP) is 2.59. The Hall–Kier alpha value is -1.10. The first-order valence-corrected chi connectivity index (χ1v) is 8.09. The van der Waals surface area contributed by atoms with Gasteiger partial charge in [0.25, 0.3) is 0 Å². The Kier molecular flexibility index (Phi) is 8.35. The highest BCUT2D eigenvalue weighted by atomic mass is 16.5. The molecule has 21 heavy (non-hydrogen) atoms. The standard InChI is InChI=1S/C16H29NO4/c1-3-4-5-12-6-8-13(9-7-12)16(20)17-11-14(21-2)10-15(18)19/h12-14H,3-11H2,1-2H3,(H,17,20)(H,18,19).